The number of carboxylic acid groups (broad SMARTS) is 1. The minimum atomic E-state index is -1.50. The van der Waals surface area contributed by atoms with E-state index in [9.17, 15) is 14.4 Å². The molecule has 2 N–H and O–H groups in total. The molecule has 0 radical (unpaired) electrons. The molecule has 0 fully saturated rings. The number of carbonyl (C=O) groups is 3. The molecule has 1 aliphatic rings. The maximum atomic E-state index is 12.1. The van der Waals surface area contributed by atoms with E-state index in [1.807, 2.05) is 0 Å². The fourth-order valence-corrected chi connectivity index (χ4v) is 4.00. The third kappa shape index (κ3) is 2.24. The Labute approximate surface area is 140 Å². The summed E-state index contributed by atoms with van der Waals surface area (Å²) in [5, 5.41) is 9.08. The average Bonchev–Trinajstić information content (AvgIpc) is 2.58. The molecule has 1 aromatic carbocycles. The zero-order valence-corrected chi connectivity index (χ0v) is 15.0. The summed E-state index contributed by atoms with van der Waals surface area (Å²) in [4.78, 5) is 34.7. The molecule has 0 aromatic heterocycles. The van der Waals surface area contributed by atoms with Crippen molar-refractivity contribution in [3.05, 3.63) is 29.0 Å². The molecule has 6 nitrogen and oxygen atoms in total. The van der Waals surface area contributed by atoms with Gasteiger partial charge in [-0.05, 0) is 63.7 Å². The van der Waals surface area contributed by atoms with Gasteiger partial charge in [0.1, 0.15) is 0 Å². The van der Waals surface area contributed by atoms with Gasteiger partial charge in [-0.25, -0.2) is 10.2 Å². The second-order valence-electron chi connectivity index (χ2n) is 3.37. The van der Waals surface area contributed by atoms with E-state index in [0.717, 1.165) is 0 Å². The third-order valence-corrected chi connectivity index (χ3v) is 7.08. The van der Waals surface area contributed by atoms with Crippen LogP contribution in [0.4, 0.5) is 4.79 Å². The number of halogens is 4. The van der Waals surface area contributed by atoms with Crippen molar-refractivity contribution in [1.29, 1.82) is 0 Å². The summed E-state index contributed by atoms with van der Waals surface area (Å²) >= 11 is 12.9. The van der Waals surface area contributed by atoms with Gasteiger partial charge in [0.25, 0.3) is 11.8 Å². The quantitative estimate of drug-likeness (QED) is 0.336. The molecule has 100 valence electrons. The maximum absolute atomic E-state index is 12.1. The first-order valence-corrected chi connectivity index (χ1v) is 7.68. The lowest BCUT2D eigenvalue weighted by Crippen LogP contribution is -2.45. The number of nitrogens with one attached hydrogen (secondary N) is 1. The van der Waals surface area contributed by atoms with Crippen LogP contribution in [0.25, 0.3) is 0 Å². The molecule has 0 aliphatic carbocycles. The van der Waals surface area contributed by atoms with Gasteiger partial charge in [0, 0.05) is 17.9 Å². The Kier molecular flexibility index (Phi) is 4.05. The van der Waals surface area contributed by atoms with Crippen molar-refractivity contribution in [2.45, 2.75) is 0 Å². The second kappa shape index (κ2) is 5.15. The van der Waals surface area contributed by atoms with E-state index >= 15 is 0 Å². The summed E-state index contributed by atoms with van der Waals surface area (Å²) in [6.45, 7) is 0. The van der Waals surface area contributed by atoms with Gasteiger partial charge in [-0.15, -0.1) is 0 Å². The van der Waals surface area contributed by atoms with Crippen LogP contribution >= 0.6 is 63.7 Å². The molecule has 3 amide bonds. The van der Waals surface area contributed by atoms with Gasteiger partial charge in [-0.3, -0.25) is 9.59 Å². The van der Waals surface area contributed by atoms with Crippen LogP contribution in [0.5, 0.6) is 0 Å². The van der Waals surface area contributed by atoms with Crippen molar-refractivity contribution >= 4 is 81.6 Å². The van der Waals surface area contributed by atoms with Crippen LogP contribution in [-0.4, -0.2) is 28.0 Å². The summed E-state index contributed by atoms with van der Waals surface area (Å²) in [5.74, 6) is -1.49. The SMILES string of the molecule is O=C(O)NN1C(=O)c2c(Br)c(Br)c(Br)c(Br)c2C1=O. The van der Waals surface area contributed by atoms with Crippen molar-refractivity contribution < 1.29 is 19.5 Å². The van der Waals surface area contributed by atoms with E-state index < -0.39 is 17.9 Å². The number of hydrogen-bond donors (Lipinski definition) is 2. The van der Waals surface area contributed by atoms with Gasteiger partial charge in [-0.2, -0.15) is 5.01 Å². The lowest BCUT2D eigenvalue weighted by molar-refractivity contribution is 0.0559. The summed E-state index contributed by atoms with van der Waals surface area (Å²) in [5.41, 5.74) is 1.93. The zero-order valence-electron chi connectivity index (χ0n) is 8.63. The highest BCUT2D eigenvalue weighted by Crippen LogP contribution is 2.44. The number of amides is 3. The average molecular weight is 522 g/mol. The van der Waals surface area contributed by atoms with Gasteiger partial charge in [-0.1, -0.05) is 0 Å². The topological polar surface area (TPSA) is 86.7 Å². The zero-order chi connectivity index (χ0) is 14.5. The molecule has 0 saturated carbocycles. The number of rotatable bonds is 1. The summed E-state index contributed by atoms with van der Waals surface area (Å²) in [6.07, 6.45) is -1.50. The molecule has 0 saturated heterocycles. The first-order valence-electron chi connectivity index (χ1n) is 4.51. The highest BCUT2D eigenvalue weighted by molar-refractivity contribution is 9.15. The molecule has 0 bridgehead atoms. The highest BCUT2D eigenvalue weighted by Gasteiger charge is 2.42. The number of benzene rings is 1. The fraction of sp³-hybridized carbons (Fsp3) is 0. The predicted molar refractivity (Wildman–Crippen MR) is 78.9 cm³/mol. The van der Waals surface area contributed by atoms with Gasteiger partial charge in [0.15, 0.2) is 0 Å². The first kappa shape index (κ1) is 14.9. The molecule has 0 unspecified atom stereocenters. The van der Waals surface area contributed by atoms with Crippen molar-refractivity contribution in [2.24, 2.45) is 0 Å². The lowest BCUT2D eigenvalue weighted by Gasteiger charge is -2.11. The third-order valence-electron chi connectivity index (χ3n) is 2.31. The van der Waals surface area contributed by atoms with Crippen LogP contribution in [0.15, 0.2) is 17.9 Å². The first-order chi connectivity index (χ1) is 8.77. The van der Waals surface area contributed by atoms with Crippen LogP contribution in [0.1, 0.15) is 20.7 Å². The Morgan fingerprint density at radius 2 is 1.26 bits per heavy atom. The van der Waals surface area contributed by atoms with E-state index in [0.29, 0.717) is 22.9 Å². The minimum Gasteiger partial charge on any atom is -0.464 e. The predicted octanol–water partition coefficient (Wildman–Crippen LogP) is 3.52. The summed E-state index contributed by atoms with van der Waals surface area (Å²) in [6, 6.07) is 0. The summed E-state index contributed by atoms with van der Waals surface area (Å²) in [7, 11) is 0. The molecule has 1 aliphatic heterocycles. The van der Waals surface area contributed by atoms with Crippen molar-refractivity contribution in [3.8, 4) is 0 Å². The number of hydrazine groups is 1. The van der Waals surface area contributed by atoms with E-state index in [1.165, 1.54) is 0 Å². The monoisotopic (exact) mass is 518 g/mol. The van der Waals surface area contributed by atoms with Crippen LogP contribution in [-0.2, 0) is 0 Å². The Balaban J connectivity index is 2.69. The van der Waals surface area contributed by atoms with Gasteiger partial charge < -0.3 is 5.11 Å². The van der Waals surface area contributed by atoms with Crippen molar-refractivity contribution in [3.63, 3.8) is 0 Å². The molecule has 10 heteroatoms. The Bertz CT molecular complexity index is 599. The molecule has 1 heterocycles. The molecule has 0 atom stereocenters. The molecule has 2 rings (SSSR count). The van der Waals surface area contributed by atoms with Crippen LogP contribution in [0.3, 0.4) is 0 Å². The molecular weight excluding hydrogens is 520 g/mol. The Hall–Kier alpha value is -0.450. The van der Waals surface area contributed by atoms with Gasteiger partial charge >= 0.3 is 6.09 Å². The summed E-state index contributed by atoms with van der Waals surface area (Å²) < 4.78 is 1.81. The van der Waals surface area contributed by atoms with E-state index in [4.69, 9.17) is 5.11 Å². The van der Waals surface area contributed by atoms with E-state index in [-0.39, 0.29) is 11.1 Å². The lowest BCUT2D eigenvalue weighted by atomic mass is 10.1. The van der Waals surface area contributed by atoms with Crippen LogP contribution in [0.2, 0.25) is 0 Å². The Morgan fingerprint density at radius 3 is 1.58 bits per heavy atom. The van der Waals surface area contributed by atoms with Crippen molar-refractivity contribution in [2.75, 3.05) is 0 Å². The standard InChI is InChI=1S/C9H2Br4N2O4/c10-3-1-2(4(11)6(13)5(3)12)8(17)15(7(1)16)14-9(18)19/h14H,(H,18,19). The van der Waals surface area contributed by atoms with Crippen LogP contribution in [0, 0.1) is 0 Å². The molecule has 0 spiro atoms. The Morgan fingerprint density at radius 1 is 0.895 bits per heavy atom. The van der Waals surface area contributed by atoms with Gasteiger partial charge in [0.05, 0.1) is 11.1 Å². The number of carbonyl (C=O) groups excluding carboxylic acids is 2. The number of imide groups is 1. The maximum Gasteiger partial charge on any atom is 0.424 e. The highest BCUT2D eigenvalue weighted by atomic mass is 79.9. The second-order valence-corrected chi connectivity index (χ2v) is 6.54. The number of nitrogens with zero attached hydrogens (tertiary/aromatic N) is 1. The number of hydrogen-bond acceptors (Lipinski definition) is 3. The van der Waals surface area contributed by atoms with Gasteiger partial charge in [0.2, 0.25) is 0 Å². The number of fused-ring (bicyclic) bond motifs is 1. The molecule has 1 aromatic rings. The van der Waals surface area contributed by atoms with Crippen LogP contribution < -0.4 is 5.43 Å². The smallest absolute Gasteiger partial charge is 0.424 e. The molecular formula is C9H2Br4N2O4. The van der Waals surface area contributed by atoms with E-state index in [1.54, 1.807) is 5.43 Å². The fourth-order valence-electron chi connectivity index (χ4n) is 1.55. The normalized spacial score (nSPS) is 13.8. The minimum absolute atomic E-state index is 0.0840. The van der Waals surface area contributed by atoms with E-state index in [2.05, 4.69) is 63.7 Å². The van der Waals surface area contributed by atoms with Crippen molar-refractivity contribution in [1.82, 2.24) is 10.4 Å². The largest absolute Gasteiger partial charge is 0.464 e. The molecule has 19 heavy (non-hydrogen) atoms.